The minimum Gasteiger partial charge on any atom is -0.346 e. The molecule has 0 saturated heterocycles. The van der Waals surface area contributed by atoms with Crippen molar-refractivity contribution in [1.82, 2.24) is 0 Å². The molecule has 0 saturated carbocycles. The molecule has 0 radical (unpaired) electrons. The third kappa shape index (κ3) is 4.55. The zero-order valence-electron chi connectivity index (χ0n) is 6.22. The predicted molar refractivity (Wildman–Crippen MR) is 40.1 cm³/mol. The first-order valence-electron chi connectivity index (χ1n) is 3.11. The zero-order valence-corrected chi connectivity index (χ0v) is 7.22. The molecule has 0 aliphatic rings. The summed E-state index contributed by atoms with van der Waals surface area (Å²) in [6, 6.07) is 2.06. The lowest BCUT2D eigenvalue weighted by Crippen LogP contribution is -2.08. The Bertz CT molecular complexity index is 171. The fourth-order valence-electron chi connectivity index (χ4n) is 0.475. The van der Waals surface area contributed by atoms with Crippen molar-refractivity contribution in [2.45, 2.75) is 20.3 Å². The Kier molecular flexibility index (Phi) is 3.63. The molecule has 0 fully saturated rings. The van der Waals surface area contributed by atoms with Gasteiger partial charge in [-0.15, -0.1) is 0 Å². The second-order valence-corrected chi connectivity index (χ2v) is 4.18. The van der Waals surface area contributed by atoms with Crippen LogP contribution in [0.2, 0.25) is 0 Å². The van der Waals surface area contributed by atoms with Crippen LogP contribution in [0.15, 0.2) is 0 Å². The molecule has 0 rings (SSSR count). The highest BCUT2D eigenvalue weighted by Gasteiger charge is 2.16. The van der Waals surface area contributed by atoms with Gasteiger partial charge in [-0.25, -0.2) is 0 Å². The third-order valence-electron chi connectivity index (χ3n) is 1.27. The summed E-state index contributed by atoms with van der Waals surface area (Å²) in [6.45, 7) is 3.52. The van der Waals surface area contributed by atoms with Gasteiger partial charge in [-0.3, -0.25) is 4.57 Å². The number of nitriles is 1. The van der Waals surface area contributed by atoms with Crippen LogP contribution in [0.3, 0.4) is 0 Å². The van der Waals surface area contributed by atoms with Crippen LogP contribution in [0.5, 0.6) is 0 Å². The SMILES string of the molecule is CC(C)(C#N)CC[PH](=O)O. The van der Waals surface area contributed by atoms with Gasteiger partial charge in [0.25, 0.3) is 0 Å². The van der Waals surface area contributed by atoms with Crippen molar-refractivity contribution >= 4 is 8.03 Å². The van der Waals surface area contributed by atoms with E-state index in [2.05, 4.69) is 6.07 Å². The largest absolute Gasteiger partial charge is 0.346 e. The Morgan fingerprint density at radius 1 is 1.70 bits per heavy atom. The molecule has 1 unspecified atom stereocenters. The minimum atomic E-state index is -2.38. The van der Waals surface area contributed by atoms with Gasteiger partial charge in [0.15, 0.2) is 8.03 Å². The first-order valence-corrected chi connectivity index (χ1v) is 4.67. The molecule has 1 atom stereocenters. The maximum absolute atomic E-state index is 10.2. The summed E-state index contributed by atoms with van der Waals surface area (Å²) in [5.41, 5.74) is -0.455. The summed E-state index contributed by atoms with van der Waals surface area (Å²) in [5.74, 6) is 0. The van der Waals surface area contributed by atoms with Crippen molar-refractivity contribution in [2.75, 3.05) is 6.16 Å². The molecule has 0 amide bonds. The van der Waals surface area contributed by atoms with Crippen LogP contribution in [-0.2, 0) is 4.57 Å². The molecule has 10 heavy (non-hydrogen) atoms. The monoisotopic (exact) mass is 161 g/mol. The highest BCUT2D eigenvalue weighted by molar-refractivity contribution is 7.37. The standard InChI is InChI=1S/C6H12NO2P/c1-6(2,5-7)3-4-10(8)9/h10H,3-4H2,1-2H3,(H,8,9). The summed E-state index contributed by atoms with van der Waals surface area (Å²) in [7, 11) is -2.38. The van der Waals surface area contributed by atoms with Crippen molar-refractivity contribution in [3.05, 3.63) is 0 Å². The maximum atomic E-state index is 10.2. The van der Waals surface area contributed by atoms with E-state index >= 15 is 0 Å². The molecule has 0 aliphatic heterocycles. The normalized spacial score (nSPS) is 14.2. The lowest BCUT2D eigenvalue weighted by atomic mass is 9.93. The van der Waals surface area contributed by atoms with Crippen LogP contribution >= 0.6 is 8.03 Å². The molecule has 1 N–H and O–H groups in total. The molecule has 58 valence electrons. The van der Waals surface area contributed by atoms with E-state index < -0.39 is 13.4 Å². The van der Waals surface area contributed by atoms with Gasteiger partial charge in [-0.2, -0.15) is 5.26 Å². The summed E-state index contributed by atoms with van der Waals surface area (Å²) in [6.07, 6.45) is 0.753. The van der Waals surface area contributed by atoms with Crippen LogP contribution in [0.4, 0.5) is 0 Å². The van der Waals surface area contributed by atoms with E-state index in [1.54, 1.807) is 13.8 Å². The lowest BCUT2D eigenvalue weighted by molar-refractivity contribution is 0.455. The molecule has 0 bridgehead atoms. The molecule has 0 aromatic heterocycles. The second-order valence-electron chi connectivity index (χ2n) is 2.89. The van der Waals surface area contributed by atoms with Gasteiger partial charge in [-0.1, -0.05) is 0 Å². The summed E-state index contributed by atoms with van der Waals surface area (Å²) >= 11 is 0. The van der Waals surface area contributed by atoms with Crippen LogP contribution in [0.1, 0.15) is 20.3 Å². The molecular weight excluding hydrogens is 149 g/mol. The van der Waals surface area contributed by atoms with Crippen molar-refractivity contribution in [1.29, 1.82) is 5.26 Å². The molecule has 4 heteroatoms. The van der Waals surface area contributed by atoms with Gasteiger partial charge < -0.3 is 4.89 Å². The van der Waals surface area contributed by atoms with Crippen LogP contribution < -0.4 is 0 Å². The van der Waals surface area contributed by atoms with Gasteiger partial charge in [0.1, 0.15) is 0 Å². The Morgan fingerprint density at radius 2 is 2.20 bits per heavy atom. The Labute approximate surface area is 61.5 Å². The van der Waals surface area contributed by atoms with Crippen molar-refractivity contribution in [3.8, 4) is 6.07 Å². The van der Waals surface area contributed by atoms with E-state index in [1.807, 2.05) is 0 Å². The fourth-order valence-corrected chi connectivity index (χ4v) is 1.31. The molecule has 3 nitrogen and oxygen atoms in total. The Morgan fingerprint density at radius 3 is 2.50 bits per heavy atom. The quantitative estimate of drug-likeness (QED) is 0.636. The average molecular weight is 161 g/mol. The summed E-state index contributed by atoms with van der Waals surface area (Å²) < 4.78 is 10.2. The van der Waals surface area contributed by atoms with E-state index in [-0.39, 0.29) is 6.16 Å². The van der Waals surface area contributed by atoms with Crippen LogP contribution in [-0.4, -0.2) is 11.1 Å². The van der Waals surface area contributed by atoms with Crippen LogP contribution in [0, 0.1) is 16.7 Å². The number of rotatable bonds is 3. The Balaban J connectivity index is 3.71. The minimum absolute atomic E-state index is 0.255. The fraction of sp³-hybridized carbons (Fsp3) is 0.833. The van der Waals surface area contributed by atoms with E-state index in [4.69, 9.17) is 10.2 Å². The molecule has 0 aromatic carbocycles. The van der Waals surface area contributed by atoms with E-state index in [9.17, 15) is 4.57 Å². The van der Waals surface area contributed by atoms with Crippen molar-refractivity contribution < 1.29 is 9.46 Å². The van der Waals surface area contributed by atoms with Gasteiger partial charge in [0, 0.05) is 6.16 Å². The van der Waals surface area contributed by atoms with E-state index in [1.165, 1.54) is 0 Å². The maximum Gasteiger partial charge on any atom is 0.189 e. The summed E-state index contributed by atoms with van der Waals surface area (Å²) in [5, 5.41) is 8.48. The van der Waals surface area contributed by atoms with Gasteiger partial charge in [0.05, 0.1) is 11.5 Å². The van der Waals surface area contributed by atoms with Crippen molar-refractivity contribution in [2.24, 2.45) is 5.41 Å². The van der Waals surface area contributed by atoms with Gasteiger partial charge in [0.2, 0.25) is 0 Å². The molecule has 0 aromatic rings. The van der Waals surface area contributed by atoms with E-state index in [0.717, 1.165) is 0 Å². The number of hydrogen-bond donors (Lipinski definition) is 1. The highest BCUT2D eigenvalue weighted by atomic mass is 31.1. The van der Waals surface area contributed by atoms with E-state index in [0.29, 0.717) is 6.42 Å². The highest BCUT2D eigenvalue weighted by Crippen LogP contribution is 2.25. The zero-order chi connectivity index (χ0) is 8.20. The number of nitrogens with zero attached hydrogens (tertiary/aromatic N) is 1. The Hall–Kier alpha value is -0.320. The van der Waals surface area contributed by atoms with Crippen LogP contribution in [0.25, 0.3) is 0 Å². The molecule has 0 aliphatic carbocycles. The third-order valence-corrected chi connectivity index (χ3v) is 1.94. The topological polar surface area (TPSA) is 61.1 Å². The molecular formula is C6H12NO2P. The lowest BCUT2D eigenvalue weighted by Gasteiger charge is -2.12. The second kappa shape index (κ2) is 3.75. The summed E-state index contributed by atoms with van der Waals surface area (Å²) in [4.78, 5) is 8.45. The molecule has 0 spiro atoms. The first kappa shape index (κ1) is 9.68. The predicted octanol–water partition coefficient (Wildman–Crippen LogP) is 1.39. The molecule has 0 heterocycles. The number of hydrogen-bond acceptors (Lipinski definition) is 2. The van der Waals surface area contributed by atoms with Gasteiger partial charge in [-0.05, 0) is 20.3 Å². The van der Waals surface area contributed by atoms with Gasteiger partial charge >= 0.3 is 0 Å². The smallest absolute Gasteiger partial charge is 0.189 e. The van der Waals surface area contributed by atoms with Crippen molar-refractivity contribution in [3.63, 3.8) is 0 Å². The average Bonchev–Trinajstić information content (AvgIpc) is 1.85. The first-order chi connectivity index (χ1) is 4.48.